The number of allylic oxidation sites excluding steroid dienone is 2. The van der Waals surface area contributed by atoms with Crippen molar-refractivity contribution in [3.63, 3.8) is 0 Å². The van der Waals surface area contributed by atoms with E-state index in [0.717, 1.165) is 23.3 Å². The predicted molar refractivity (Wildman–Crippen MR) is 98.4 cm³/mol. The zero-order valence-corrected chi connectivity index (χ0v) is 15.9. The second-order valence-electron chi connectivity index (χ2n) is 6.86. The van der Waals surface area contributed by atoms with Crippen LogP contribution in [0.4, 0.5) is 5.00 Å². The van der Waals surface area contributed by atoms with E-state index < -0.39 is 23.8 Å². The summed E-state index contributed by atoms with van der Waals surface area (Å²) in [5.74, 6) is -3.26. The van der Waals surface area contributed by atoms with Crippen LogP contribution in [-0.4, -0.2) is 30.1 Å². The van der Waals surface area contributed by atoms with Crippen molar-refractivity contribution in [2.45, 2.75) is 33.1 Å². The van der Waals surface area contributed by atoms with E-state index in [2.05, 4.69) is 5.32 Å². The zero-order chi connectivity index (χ0) is 19.0. The summed E-state index contributed by atoms with van der Waals surface area (Å²) in [6, 6.07) is 0. The number of nitrogens with one attached hydrogen (secondary N) is 1. The van der Waals surface area contributed by atoms with Crippen molar-refractivity contribution < 1.29 is 24.2 Å². The van der Waals surface area contributed by atoms with Gasteiger partial charge in [0, 0.05) is 4.88 Å². The molecule has 0 spiro atoms. The molecule has 140 valence electrons. The molecule has 1 amide bonds. The summed E-state index contributed by atoms with van der Waals surface area (Å²) in [6.07, 6.45) is 6.17. The monoisotopic (exact) mass is 377 g/mol. The smallest absolute Gasteiger partial charge is 0.341 e. The summed E-state index contributed by atoms with van der Waals surface area (Å²) in [4.78, 5) is 37.9. The topological polar surface area (TPSA) is 92.7 Å². The Labute approximate surface area is 156 Å². The van der Waals surface area contributed by atoms with Crippen LogP contribution < -0.4 is 5.32 Å². The molecule has 1 saturated carbocycles. The Hall–Kier alpha value is -2.15. The Balaban J connectivity index is 1.92. The third-order valence-corrected chi connectivity index (χ3v) is 6.59. The normalized spacial score (nSPS) is 26.6. The minimum Gasteiger partial charge on any atom is -0.481 e. The van der Waals surface area contributed by atoms with Gasteiger partial charge in [-0.1, -0.05) is 19.1 Å². The lowest BCUT2D eigenvalue weighted by Gasteiger charge is -2.41. The fraction of sp³-hybridized carbons (Fsp3) is 0.526. The molecule has 0 aliphatic heterocycles. The molecule has 3 aliphatic carbocycles. The lowest BCUT2D eigenvalue weighted by Crippen LogP contribution is -2.47. The molecule has 1 aromatic heterocycles. The Morgan fingerprint density at radius 2 is 1.85 bits per heavy atom. The first-order valence-electron chi connectivity index (χ1n) is 8.81. The lowest BCUT2D eigenvalue weighted by molar-refractivity contribution is -0.151. The van der Waals surface area contributed by atoms with Crippen LogP contribution in [-0.2, 0) is 20.7 Å². The Morgan fingerprint density at radius 1 is 1.23 bits per heavy atom. The van der Waals surface area contributed by atoms with Gasteiger partial charge in [0.25, 0.3) is 0 Å². The van der Waals surface area contributed by atoms with Gasteiger partial charge in [0.1, 0.15) is 5.00 Å². The molecule has 6 nitrogen and oxygen atoms in total. The van der Waals surface area contributed by atoms with Crippen LogP contribution in [0.25, 0.3) is 0 Å². The number of carbonyl (C=O) groups excluding carboxylic acids is 2. The molecular formula is C19H23NO5S. The number of hydrogen-bond acceptors (Lipinski definition) is 5. The first kappa shape index (κ1) is 18.6. The average molecular weight is 377 g/mol. The van der Waals surface area contributed by atoms with Gasteiger partial charge in [-0.25, -0.2) is 4.79 Å². The van der Waals surface area contributed by atoms with E-state index in [1.54, 1.807) is 0 Å². The van der Waals surface area contributed by atoms with Gasteiger partial charge in [-0.15, -0.1) is 11.3 Å². The molecule has 0 aromatic carbocycles. The standard InChI is InChI=1S/C19H23NO5S/c1-4-12-9(2)26-17(15(12)19(24)25-3)20-16(21)13-10-5-7-11(8-6-10)14(13)18(22)23/h5,7,10-11,13-14H,4,6,8H2,1-3H3,(H,20,21)(H,22,23)/t10-,11-,13-,14+/m0/s1. The van der Waals surface area contributed by atoms with Crippen LogP contribution in [0.15, 0.2) is 12.2 Å². The van der Waals surface area contributed by atoms with Crippen molar-refractivity contribution in [2.24, 2.45) is 23.7 Å². The van der Waals surface area contributed by atoms with E-state index >= 15 is 0 Å². The lowest BCUT2D eigenvalue weighted by atomic mass is 9.62. The average Bonchev–Trinajstić information content (AvgIpc) is 2.95. The van der Waals surface area contributed by atoms with E-state index in [1.807, 2.05) is 26.0 Å². The molecular weight excluding hydrogens is 354 g/mol. The molecule has 7 heteroatoms. The maximum absolute atomic E-state index is 13.0. The minimum absolute atomic E-state index is 0.0746. The summed E-state index contributed by atoms with van der Waals surface area (Å²) >= 11 is 1.33. The second kappa shape index (κ2) is 7.23. The maximum Gasteiger partial charge on any atom is 0.341 e. The molecule has 3 aliphatic rings. The van der Waals surface area contributed by atoms with Crippen LogP contribution in [0.3, 0.4) is 0 Å². The number of esters is 1. The summed E-state index contributed by atoms with van der Waals surface area (Å²) < 4.78 is 4.88. The number of ether oxygens (including phenoxy) is 1. The van der Waals surface area contributed by atoms with Crippen LogP contribution in [0.5, 0.6) is 0 Å². The molecule has 1 heterocycles. The van der Waals surface area contributed by atoms with Crippen molar-refractivity contribution in [2.75, 3.05) is 12.4 Å². The molecule has 0 saturated heterocycles. The highest BCUT2D eigenvalue weighted by atomic mass is 32.1. The third kappa shape index (κ3) is 3.05. The van der Waals surface area contributed by atoms with Crippen LogP contribution in [0.1, 0.15) is 40.6 Å². The summed E-state index contributed by atoms with van der Waals surface area (Å²) in [6.45, 7) is 3.84. The Morgan fingerprint density at radius 3 is 2.35 bits per heavy atom. The van der Waals surface area contributed by atoms with Gasteiger partial charge in [-0.05, 0) is 43.6 Å². The molecule has 0 unspecified atom stereocenters. The Bertz CT molecular complexity index is 781. The first-order valence-corrected chi connectivity index (χ1v) is 9.63. The predicted octanol–water partition coefficient (Wildman–Crippen LogP) is 3.26. The van der Waals surface area contributed by atoms with Crippen molar-refractivity contribution in [1.82, 2.24) is 0 Å². The number of rotatable bonds is 5. The minimum atomic E-state index is -0.936. The van der Waals surface area contributed by atoms with E-state index in [1.165, 1.54) is 18.4 Å². The molecule has 2 bridgehead atoms. The van der Waals surface area contributed by atoms with Gasteiger partial charge >= 0.3 is 11.9 Å². The maximum atomic E-state index is 13.0. The molecule has 2 N–H and O–H groups in total. The number of aliphatic carboxylic acids is 1. The molecule has 1 aromatic rings. The van der Waals surface area contributed by atoms with Crippen molar-refractivity contribution >= 4 is 34.2 Å². The van der Waals surface area contributed by atoms with Gasteiger partial charge in [0.2, 0.25) is 5.91 Å². The third-order valence-electron chi connectivity index (χ3n) is 5.52. The number of aryl methyl sites for hydroxylation is 1. The molecule has 0 radical (unpaired) electrons. The van der Waals surface area contributed by atoms with Crippen LogP contribution in [0.2, 0.25) is 0 Å². The van der Waals surface area contributed by atoms with Crippen molar-refractivity contribution in [3.05, 3.63) is 28.2 Å². The summed E-state index contributed by atoms with van der Waals surface area (Å²) in [7, 11) is 1.31. The van der Waals surface area contributed by atoms with E-state index in [4.69, 9.17) is 4.74 Å². The molecule has 4 atom stereocenters. The number of methoxy groups -OCH3 is 1. The highest BCUT2D eigenvalue weighted by Crippen LogP contribution is 2.46. The summed E-state index contributed by atoms with van der Waals surface area (Å²) in [5.41, 5.74) is 1.24. The SMILES string of the molecule is CCc1c(C)sc(NC(=O)[C@@H]2[C@H](C(=O)O)[C@H]3C=C[C@H]2CC3)c1C(=O)OC. The van der Waals surface area contributed by atoms with Gasteiger partial charge in [0.15, 0.2) is 0 Å². The number of carboxylic acids is 1. The number of amides is 1. The quantitative estimate of drug-likeness (QED) is 0.607. The first-order chi connectivity index (χ1) is 12.4. The number of anilines is 1. The fourth-order valence-corrected chi connectivity index (χ4v) is 5.43. The van der Waals surface area contributed by atoms with Crippen LogP contribution in [0, 0.1) is 30.6 Å². The number of hydrogen-bond donors (Lipinski definition) is 2. The van der Waals surface area contributed by atoms with Gasteiger partial charge in [-0.3, -0.25) is 9.59 Å². The van der Waals surface area contributed by atoms with Crippen LogP contribution >= 0.6 is 11.3 Å². The number of thiophene rings is 1. The van der Waals surface area contributed by atoms with E-state index in [0.29, 0.717) is 17.0 Å². The van der Waals surface area contributed by atoms with Gasteiger partial charge < -0.3 is 15.2 Å². The largest absolute Gasteiger partial charge is 0.481 e. The highest BCUT2D eigenvalue weighted by Gasteiger charge is 2.48. The fourth-order valence-electron chi connectivity index (χ4n) is 4.29. The molecule has 1 fully saturated rings. The summed E-state index contributed by atoms with van der Waals surface area (Å²) in [5, 5.41) is 12.9. The highest BCUT2D eigenvalue weighted by molar-refractivity contribution is 7.16. The molecule has 4 rings (SSSR count). The number of carbonyl (C=O) groups is 3. The van der Waals surface area contributed by atoms with Crippen molar-refractivity contribution in [1.29, 1.82) is 0 Å². The van der Waals surface area contributed by atoms with Crippen molar-refractivity contribution in [3.8, 4) is 0 Å². The Kier molecular flexibility index (Phi) is 5.18. The number of carboxylic acid groups (broad SMARTS) is 1. The second-order valence-corrected chi connectivity index (χ2v) is 8.08. The number of fused-ring (bicyclic) bond motifs is 2. The zero-order valence-electron chi connectivity index (χ0n) is 15.1. The molecule has 26 heavy (non-hydrogen) atoms. The van der Waals surface area contributed by atoms with Gasteiger partial charge in [0.05, 0.1) is 24.5 Å². The van der Waals surface area contributed by atoms with E-state index in [-0.39, 0.29) is 17.7 Å². The van der Waals surface area contributed by atoms with Gasteiger partial charge in [-0.2, -0.15) is 0 Å². The van der Waals surface area contributed by atoms with E-state index in [9.17, 15) is 19.5 Å².